The minimum absolute atomic E-state index is 0.127. The lowest BCUT2D eigenvalue weighted by atomic mass is 9.89. The molecule has 3 nitrogen and oxygen atoms in total. The predicted octanol–water partition coefficient (Wildman–Crippen LogP) is 0.793. The minimum atomic E-state index is -0.201. The number of nitrogens with one attached hydrogen (secondary N) is 1. The van der Waals surface area contributed by atoms with E-state index in [0.29, 0.717) is 0 Å². The van der Waals surface area contributed by atoms with Gasteiger partial charge in [0.1, 0.15) is 0 Å². The summed E-state index contributed by atoms with van der Waals surface area (Å²) in [4.78, 5) is 11.1. The normalized spacial score (nSPS) is 14.3. The van der Waals surface area contributed by atoms with Crippen LogP contribution in [0.4, 0.5) is 0 Å². The fourth-order valence-electron chi connectivity index (χ4n) is 0.688. The van der Waals surface area contributed by atoms with Crippen LogP contribution in [-0.2, 0) is 9.53 Å². The Morgan fingerprint density at radius 1 is 1.55 bits per heavy atom. The van der Waals surface area contributed by atoms with Crippen LogP contribution in [0.2, 0.25) is 0 Å². The van der Waals surface area contributed by atoms with Gasteiger partial charge in [-0.25, -0.2) is 0 Å². The van der Waals surface area contributed by atoms with Gasteiger partial charge in [0.25, 0.3) is 0 Å². The van der Waals surface area contributed by atoms with E-state index in [4.69, 9.17) is 0 Å². The van der Waals surface area contributed by atoms with Crippen molar-refractivity contribution in [3.63, 3.8) is 0 Å². The first-order valence-corrected chi connectivity index (χ1v) is 3.72. The van der Waals surface area contributed by atoms with E-state index in [1.165, 1.54) is 7.11 Å². The summed E-state index contributed by atoms with van der Waals surface area (Å²) < 4.78 is 4.62. The molecule has 0 bridgehead atoms. The third-order valence-electron chi connectivity index (χ3n) is 2.28. The monoisotopic (exact) mass is 159 g/mol. The van der Waals surface area contributed by atoms with Gasteiger partial charge in [-0.1, -0.05) is 6.92 Å². The Hall–Kier alpha value is -0.570. The zero-order chi connectivity index (χ0) is 9.07. The van der Waals surface area contributed by atoms with Gasteiger partial charge in [-0.15, -0.1) is 0 Å². The van der Waals surface area contributed by atoms with Crippen molar-refractivity contribution in [1.82, 2.24) is 5.32 Å². The summed E-state index contributed by atoms with van der Waals surface area (Å²) in [6.45, 7) is 5.78. The molecule has 0 saturated heterocycles. The average molecular weight is 159 g/mol. The highest BCUT2D eigenvalue weighted by molar-refractivity contribution is 5.73. The summed E-state index contributed by atoms with van der Waals surface area (Å²) in [6.07, 6.45) is 0. The van der Waals surface area contributed by atoms with Crippen LogP contribution in [0.25, 0.3) is 0 Å². The Balaban J connectivity index is 4.22. The fraction of sp³-hybridized carbons (Fsp3) is 0.875. The van der Waals surface area contributed by atoms with Crippen molar-refractivity contribution in [2.24, 2.45) is 5.92 Å². The van der Waals surface area contributed by atoms with Gasteiger partial charge in [0.2, 0.25) is 0 Å². The van der Waals surface area contributed by atoms with Gasteiger partial charge in [0, 0.05) is 5.54 Å². The molecule has 0 aliphatic rings. The van der Waals surface area contributed by atoms with Gasteiger partial charge in [-0.2, -0.15) is 0 Å². The standard InChI is InChI=1S/C8H17NO2/c1-6(7(10)11-5)8(2,3)9-4/h6,9H,1-5H3. The van der Waals surface area contributed by atoms with E-state index in [1.54, 1.807) is 0 Å². The number of hydrogen-bond donors (Lipinski definition) is 1. The Morgan fingerprint density at radius 2 is 2.00 bits per heavy atom. The van der Waals surface area contributed by atoms with E-state index in [1.807, 2.05) is 27.8 Å². The highest BCUT2D eigenvalue weighted by Crippen LogP contribution is 2.16. The summed E-state index contributed by atoms with van der Waals surface area (Å²) in [5, 5.41) is 3.06. The second kappa shape index (κ2) is 3.72. The zero-order valence-corrected chi connectivity index (χ0v) is 7.89. The molecule has 0 heterocycles. The van der Waals surface area contributed by atoms with Crippen molar-refractivity contribution < 1.29 is 9.53 Å². The molecule has 0 aromatic carbocycles. The molecule has 0 spiro atoms. The first kappa shape index (κ1) is 10.4. The van der Waals surface area contributed by atoms with Gasteiger partial charge in [0.05, 0.1) is 13.0 Å². The fourth-order valence-corrected chi connectivity index (χ4v) is 0.688. The summed E-state index contributed by atoms with van der Waals surface area (Å²) in [5.41, 5.74) is -0.201. The van der Waals surface area contributed by atoms with Crippen molar-refractivity contribution in [2.45, 2.75) is 26.3 Å². The molecule has 66 valence electrons. The first-order valence-electron chi connectivity index (χ1n) is 3.72. The molecule has 0 radical (unpaired) electrons. The third kappa shape index (κ3) is 2.50. The molecule has 0 aromatic heterocycles. The molecule has 11 heavy (non-hydrogen) atoms. The molecule has 0 aliphatic heterocycles. The SMILES string of the molecule is CNC(C)(C)C(C)C(=O)OC. The Bertz CT molecular complexity index is 143. The zero-order valence-electron chi connectivity index (χ0n) is 7.89. The van der Waals surface area contributed by atoms with Crippen LogP contribution in [0.3, 0.4) is 0 Å². The molecule has 1 atom stereocenters. The number of methoxy groups -OCH3 is 1. The van der Waals surface area contributed by atoms with Crippen LogP contribution in [0.5, 0.6) is 0 Å². The first-order chi connectivity index (χ1) is 4.95. The smallest absolute Gasteiger partial charge is 0.310 e. The summed E-state index contributed by atoms with van der Waals surface area (Å²) >= 11 is 0. The number of carbonyl (C=O) groups is 1. The number of ether oxygens (including phenoxy) is 1. The molecule has 0 aromatic rings. The van der Waals surface area contributed by atoms with Crippen LogP contribution < -0.4 is 5.32 Å². The van der Waals surface area contributed by atoms with E-state index >= 15 is 0 Å². The number of carbonyl (C=O) groups excluding carboxylic acids is 1. The summed E-state index contributed by atoms with van der Waals surface area (Å²) in [7, 11) is 3.24. The van der Waals surface area contributed by atoms with Gasteiger partial charge in [-0.05, 0) is 20.9 Å². The lowest BCUT2D eigenvalue weighted by Crippen LogP contribution is -2.46. The van der Waals surface area contributed by atoms with E-state index in [9.17, 15) is 4.79 Å². The average Bonchev–Trinajstić information content (AvgIpc) is 2.01. The second-order valence-electron chi connectivity index (χ2n) is 3.22. The predicted molar refractivity (Wildman–Crippen MR) is 44.3 cm³/mol. The molecule has 1 N–H and O–H groups in total. The topological polar surface area (TPSA) is 38.3 Å². The lowest BCUT2D eigenvalue weighted by Gasteiger charge is -2.29. The number of hydrogen-bond acceptors (Lipinski definition) is 3. The Labute approximate surface area is 68.1 Å². The van der Waals surface area contributed by atoms with Crippen molar-refractivity contribution in [1.29, 1.82) is 0 Å². The number of esters is 1. The van der Waals surface area contributed by atoms with E-state index < -0.39 is 0 Å². The van der Waals surface area contributed by atoms with Crippen molar-refractivity contribution in [3.8, 4) is 0 Å². The van der Waals surface area contributed by atoms with Crippen molar-refractivity contribution in [2.75, 3.05) is 14.2 Å². The molecular weight excluding hydrogens is 142 g/mol. The second-order valence-corrected chi connectivity index (χ2v) is 3.22. The van der Waals surface area contributed by atoms with Crippen LogP contribution in [-0.4, -0.2) is 25.7 Å². The van der Waals surface area contributed by atoms with Crippen LogP contribution >= 0.6 is 0 Å². The van der Waals surface area contributed by atoms with Gasteiger partial charge in [-0.3, -0.25) is 4.79 Å². The molecule has 0 amide bonds. The molecule has 0 rings (SSSR count). The molecule has 3 heteroatoms. The molecule has 0 saturated carbocycles. The van der Waals surface area contributed by atoms with E-state index in [0.717, 1.165) is 0 Å². The molecule has 1 unspecified atom stereocenters. The molecule has 0 fully saturated rings. The minimum Gasteiger partial charge on any atom is -0.469 e. The quantitative estimate of drug-likeness (QED) is 0.619. The highest BCUT2D eigenvalue weighted by Gasteiger charge is 2.30. The Kier molecular flexibility index (Phi) is 3.52. The summed E-state index contributed by atoms with van der Waals surface area (Å²) in [6, 6.07) is 0. The van der Waals surface area contributed by atoms with Crippen molar-refractivity contribution in [3.05, 3.63) is 0 Å². The maximum atomic E-state index is 11.1. The van der Waals surface area contributed by atoms with Gasteiger partial charge >= 0.3 is 5.97 Å². The number of rotatable bonds is 3. The third-order valence-corrected chi connectivity index (χ3v) is 2.28. The maximum Gasteiger partial charge on any atom is 0.310 e. The maximum absolute atomic E-state index is 11.1. The van der Waals surface area contributed by atoms with E-state index in [-0.39, 0.29) is 17.4 Å². The van der Waals surface area contributed by atoms with Crippen LogP contribution in [0.1, 0.15) is 20.8 Å². The van der Waals surface area contributed by atoms with Crippen LogP contribution in [0.15, 0.2) is 0 Å². The van der Waals surface area contributed by atoms with Gasteiger partial charge < -0.3 is 10.1 Å². The molecule has 0 aliphatic carbocycles. The van der Waals surface area contributed by atoms with Crippen LogP contribution in [0, 0.1) is 5.92 Å². The highest BCUT2D eigenvalue weighted by atomic mass is 16.5. The lowest BCUT2D eigenvalue weighted by molar-refractivity contribution is -0.147. The van der Waals surface area contributed by atoms with Crippen molar-refractivity contribution >= 4 is 5.97 Å². The largest absolute Gasteiger partial charge is 0.469 e. The van der Waals surface area contributed by atoms with E-state index in [2.05, 4.69) is 10.1 Å². The summed E-state index contributed by atoms with van der Waals surface area (Å²) in [5.74, 6) is -0.304. The van der Waals surface area contributed by atoms with Gasteiger partial charge in [0.15, 0.2) is 0 Å². The Morgan fingerprint density at radius 3 is 2.27 bits per heavy atom. The molecular formula is C8H17NO2.